The number of carbonyl (C=O) groups excluding carboxylic acids is 2. The SMILES string of the molecule is CNc1cc(C(C)=O)sc1C=O. The predicted molar refractivity (Wildman–Crippen MR) is 49.3 cm³/mol. The summed E-state index contributed by atoms with van der Waals surface area (Å²) in [6.07, 6.45) is 0.753. The minimum Gasteiger partial charge on any atom is -0.387 e. The van der Waals surface area contributed by atoms with Crippen molar-refractivity contribution >= 4 is 29.1 Å². The molecule has 1 aromatic rings. The van der Waals surface area contributed by atoms with E-state index in [2.05, 4.69) is 5.32 Å². The van der Waals surface area contributed by atoms with Crippen LogP contribution in [-0.4, -0.2) is 19.1 Å². The number of hydrogen-bond acceptors (Lipinski definition) is 4. The average molecular weight is 183 g/mol. The zero-order chi connectivity index (χ0) is 9.14. The smallest absolute Gasteiger partial charge is 0.169 e. The molecule has 4 heteroatoms. The van der Waals surface area contributed by atoms with Gasteiger partial charge in [-0.25, -0.2) is 0 Å². The number of hydrogen-bond donors (Lipinski definition) is 1. The average Bonchev–Trinajstić information content (AvgIpc) is 2.46. The number of Topliss-reactive ketones (excluding diaryl/α,β-unsaturated/α-hetero) is 1. The van der Waals surface area contributed by atoms with Crippen molar-refractivity contribution in [2.24, 2.45) is 0 Å². The Labute approximate surface area is 74.4 Å². The zero-order valence-electron chi connectivity index (χ0n) is 6.88. The van der Waals surface area contributed by atoms with Crippen LogP contribution in [-0.2, 0) is 0 Å². The molecule has 0 amide bonds. The van der Waals surface area contributed by atoms with Gasteiger partial charge in [-0.1, -0.05) is 0 Å². The molecule has 0 aliphatic heterocycles. The topological polar surface area (TPSA) is 46.2 Å². The highest BCUT2D eigenvalue weighted by Crippen LogP contribution is 2.25. The van der Waals surface area contributed by atoms with Gasteiger partial charge in [-0.2, -0.15) is 0 Å². The van der Waals surface area contributed by atoms with Gasteiger partial charge in [0.05, 0.1) is 15.4 Å². The standard InChI is InChI=1S/C8H9NO2S/c1-5(11)7-3-6(9-2)8(4-10)12-7/h3-4,9H,1-2H3. The van der Waals surface area contributed by atoms with Crippen LogP contribution in [0.5, 0.6) is 0 Å². The van der Waals surface area contributed by atoms with Crippen LogP contribution in [0, 0.1) is 0 Å². The number of carbonyl (C=O) groups is 2. The molecule has 64 valence electrons. The molecule has 0 aliphatic rings. The summed E-state index contributed by atoms with van der Waals surface area (Å²) in [6, 6.07) is 1.69. The number of anilines is 1. The van der Waals surface area contributed by atoms with E-state index in [0.29, 0.717) is 9.75 Å². The molecule has 0 spiro atoms. The highest BCUT2D eigenvalue weighted by Gasteiger charge is 2.09. The fourth-order valence-corrected chi connectivity index (χ4v) is 1.74. The second-order valence-corrected chi connectivity index (χ2v) is 3.40. The molecular weight excluding hydrogens is 174 g/mol. The maximum Gasteiger partial charge on any atom is 0.169 e. The molecule has 0 saturated heterocycles. The summed E-state index contributed by atoms with van der Waals surface area (Å²) in [5, 5.41) is 2.85. The number of aldehydes is 1. The van der Waals surface area contributed by atoms with Crippen molar-refractivity contribution in [3.8, 4) is 0 Å². The highest BCUT2D eigenvalue weighted by molar-refractivity contribution is 7.16. The van der Waals surface area contributed by atoms with Crippen LogP contribution in [0.3, 0.4) is 0 Å². The molecule has 1 heterocycles. The van der Waals surface area contributed by atoms with E-state index in [0.717, 1.165) is 12.0 Å². The molecule has 0 aromatic carbocycles. The van der Waals surface area contributed by atoms with Crippen LogP contribution in [0.2, 0.25) is 0 Å². The van der Waals surface area contributed by atoms with Gasteiger partial charge in [0.2, 0.25) is 0 Å². The first kappa shape index (κ1) is 8.93. The molecule has 1 N–H and O–H groups in total. The second-order valence-electron chi connectivity index (χ2n) is 2.31. The first-order valence-electron chi connectivity index (χ1n) is 3.46. The van der Waals surface area contributed by atoms with E-state index in [9.17, 15) is 9.59 Å². The Balaban J connectivity index is 3.13. The summed E-state index contributed by atoms with van der Waals surface area (Å²) in [7, 11) is 1.72. The minimum atomic E-state index is -0.00963. The quantitative estimate of drug-likeness (QED) is 0.574. The van der Waals surface area contributed by atoms with Crippen molar-refractivity contribution in [2.75, 3.05) is 12.4 Å². The third-order valence-corrected chi connectivity index (χ3v) is 2.65. The van der Waals surface area contributed by atoms with Crippen LogP contribution in [0.4, 0.5) is 5.69 Å². The van der Waals surface area contributed by atoms with Gasteiger partial charge in [0.25, 0.3) is 0 Å². The van der Waals surface area contributed by atoms with Crippen LogP contribution < -0.4 is 5.32 Å². The Bertz CT molecular complexity index is 317. The molecule has 1 aromatic heterocycles. The summed E-state index contributed by atoms with van der Waals surface area (Å²) in [5.74, 6) is -0.00963. The third kappa shape index (κ3) is 1.53. The predicted octanol–water partition coefficient (Wildman–Crippen LogP) is 1.80. The van der Waals surface area contributed by atoms with E-state index >= 15 is 0 Å². The molecule has 0 atom stereocenters. The lowest BCUT2D eigenvalue weighted by Gasteiger charge is -1.92. The van der Waals surface area contributed by atoms with Crippen molar-refractivity contribution in [2.45, 2.75) is 6.92 Å². The van der Waals surface area contributed by atoms with E-state index in [1.165, 1.54) is 18.3 Å². The maximum absolute atomic E-state index is 10.9. The van der Waals surface area contributed by atoms with Crippen molar-refractivity contribution < 1.29 is 9.59 Å². The lowest BCUT2D eigenvalue weighted by Crippen LogP contribution is -1.88. The van der Waals surface area contributed by atoms with Gasteiger partial charge < -0.3 is 5.32 Å². The molecule has 0 bridgehead atoms. The lowest BCUT2D eigenvalue weighted by molar-refractivity contribution is 0.102. The second kappa shape index (κ2) is 3.49. The Morgan fingerprint density at radius 3 is 2.67 bits per heavy atom. The molecule has 0 saturated carbocycles. The van der Waals surface area contributed by atoms with Crippen LogP contribution >= 0.6 is 11.3 Å². The van der Waals surface area contributed by atoms with Gasteiger partial charge in [-0.3, -0.25) is 9.59 Å². The summed E-state index contributed by atoms with van der Waals surface area (Å²) in [5.41, 5.74) is 0.722. The highest BCUT2D eigenvalue weighted by atomic mass is 32.1. The van der Waals surface area contributed by atoms with Gasteiger partial charge in [0.1, 0.15) is 0 Å². The first-order valence-corrected chi connectivity index (χ1v) is 4.28. The summed E-state index contributed by atoms with van der Waals surface area (Å²) in [4.78, 5) is 22.6. The maximum atomic E-state index is 10.9. The van der Waals surface area contributed by atoms with Crippen molar-refractivity contribution in [3.63, 3.8) is 0 Å². The van der Waals surface area contributed by atoms with E-state index < -0.39 is 0 Å². The van der Waals surface area contributed by atoms with E-state index in [-0.39, 0.29) is 5.78 Å². The van der Waals surface area contributed by atoms with Crippen molar-refractivity contribution in [1.29, 1.82) is 0 Å². The van der Waals surface area contributed by atoms with Gasteiger partial charge in [-0.05, 0) is 13.0 Å². The van der Waals surface area contributed by atoms with Gasteiger partial charge in [-0.15, -0.1) is 11.3 Å². The number of nitrogens with one attached hydrogen (secondary N) is 1. The van der Waals surface area contributed by atoms with Gasteiger partial charge in [0, 0.05) is 7.05 Å². The van der Waals surface area contributed by atoms with Crippen LogP contribution in [0.25, 0.3) is 0 Å². The number of rotatable bonds is 3. The van der Waals surface area contributed by atoms with Gasteiger partial charge in [0.15, 0.2) is 12.1 Å². The molecule has 12 heavy (non-hydrogen) atoms. The largest absolute Gasteiger partial charge is 0.387 e. The molecule has 0 aliphatic carbocycles. The Morgan fingerprint density at radius 1 is 1.67 bits per heavy atom. The molecule has 1 rings (SSSR count). The zero-order valence-corrected chi connectivity index (χ0v) is 7.70. The van der Waals surface area contributed by atoms with Crippen LogP contribution in [0.1, 0.15) is 26.3 Å². The molecule has 0 radical (unpaired) electrons. The minimum absolute atomic E-state index is 0.00963. The summed E-state index contributed by atoms with van der Waals surface area (Å²) in [6.45, 7) is 1.49. The third-order valence-electron chi connectivity index (χ3n) is 1.48. The fourth-order valence-electron chi connectivity index (χ4n) is 0.862. The monoisotopic (exact) mass is 183 g/mol. The molecule has 3 nitrogen and oxygen atoms in total. The molecule has 0 unspecified atom stereocenters. The summed E-state index contributed by atoms with van der Waals surface area (Å²) >= 11 is 1.21. The van der Waals surface area contributed by atoms with E-state index in [1.54, 1.807) is 13.1 Å². The Morgan fingerprint density at radius 2 is 2.33 bits per heavy atom. The Kier molecular flexibility index (Phi) is 2.60. The van der Waals surface area contributed by atoms with E-state index in [1.807, 2.05) is 0 Å². The molecule has 0 fully saturated rings. The van der Waals surface area contributed by atoms with Gasteiger partial charge >= 0.3 is 0 Å². The van der Waals surface area contributed by atoms with Crippen molar-refractivity contribution in [1.82, 2.24) is 0 Å². The number of ketones is 1. The fraction of sp³-hybridized carbons (Fsp3) is 0.250. The first-order chi connectivity index (χ1) is 5.69. The summed E-state index contributed by atoms with van der Waals surface area (Å²) < 4.78 is 0. The lowest BCUT2D eigenvalue weighted by atomic mass is 10.3. The molecular formula is C8H9NO2S. The number of thiophene rings is 1. The normalized spacial score (nSPS) is 9.50. The van der Waals surface area contributed by atoms with E-state index in [4.69, 9.17) is 0 Å². The Hall–Kier alpha value is -1.16. The van der Waals surface area contributed by atoms with Crippen LogP contribution in [0.15, 0.2) is 6.07 Å². The van der Waals surface area contributed by atoms with Crippen molar-refractivity contribution in [3.05, 3.63) is 15.8 Å².